The lowest BCUT2D eigenvalue weighted by Crippen LogP contribution is -2.00. The minimum absolute atomic E-state index is 0.286. The minimum Gasteiger partial charge on any atom is -0.427 e. The predicted molar refractivity (Wildman–Crippen MR) is 94.0 cm³/mol. The normalized spacial score (nSPS) is 11.0. The van der Waals surface area contributed by atoms with Crippen LogP contribution in [0.4, 0.5) is 0 Å². The van der Waals surface area contributed by atoms with Crippen LogP contribution in [0.2, 0.25) is 0 Å². The van der Waals surface area contributed by atoms with Gasteiger partial charge in [0.25, 0.3) is 8.03 Å². The number of para-hydroxylation sites is 1. The first-order valence-corrected chi connectivity index (χ1v) is 8.67. The molecule has 2 rings (SSSR count). The maximum absolute atomic E-state index is 11.4. The molecule has 1 N–H and O–H groups in total. The molecule has 0 aliphatic carbocycles. The van der Waals surface area contributed by atoms with Gasteiger partial charge in [0.1, 0.15) is 5.75 Å². The van der Waals surface area contributed by atoms with Crippen LogP contribution in [0.25, 0.3) is 0 Å². The second-order valence-electron chi connectivity index (χ2n) is 5.31. The highest BCUT2D eigenvalue weighted by molar-refractivity contribution is 7.59. The molecule has 0 heterocycles. The molecule has 0 fully saturated rings. The molecule has 2 aromatic carbocycles. The summed E-state index contributed by atoms with van der Waals surface area (Å²) >= 11 is 0. The van der Waals surface area contributed by atoms with Crippen molar-refractivity contribution in [2.75, 3.05) is 0 Å². The van der Waals surface area contributed by atoms with Crippen molar-refractivity contribution in [2.45, 2.75) is 27.7 Å². The highest BCUT2D eigenvalue weighted by Crippen LogP contribution is 2.27. The first-order valence-electron chi connectivity index (χ1n) is 7.31. The Labute approximate surface area is 142 Å². The van der Waals surface area contributed by atoms with E-state index >= 15 is 0 Å². The topological polar surface area (TPSA) is 80.7 Å². The molecule has 0 aliphatic heterocycles. The molecule has 0 saturated carbocycles. The van der Waals surface area contributed by atoms with Gasteiger partial charge in [-0.1, -0.05) is 35.9 Å². The van der Waals surface area contributed by atoms with E-state index in [-0.39, 0.29) is 5.97 Å². The zero-order chi connectivity index (χ0) is 18.3. The van der Waals surface area contributed by atoms with Crippen LogP contribution in [0, 0.1) is 20.8 Å². The molecule has 6 heteroatoms. The van der Waals surface area contributed by atoms with Crippen molar-refractivity contribution in [3.05, 3.63) is 64.7 Å². The third kappa shape index (κ3) is 6.11. The lowest BCUT2D eigenvalue weighted by molar-refractivity contribution is -0.131. The molecule has 2 aromatic rings. The average Bonchev–Trinajstić information content (AvgIpc) is 2.47. The Balaban J connectivity index is 0.000000254. The molecule has 1 atom stereocenters. The maximum atomic E-state index is 11.4. The molecule has 0 aromatic heterocycles. The molecule has 0 saturated heterocycles. The number of hydrogen-bond donors (Lipinski definition) is 1. The molecule has 5 nitrogen and oxygen atoms in total. The second kappa shape index (κ2) is 9.16. The van der Waals surface area contributed by atoms with E-state index in [1.165, 1.54) is 6.92 Å². The van der Waals surface area contributed by atoms with Gasteiger partial charge in [0, 0.05) is 12.5 Å². The van der Waals surface area contributed by atoms with Gasteiger partial charge in [-0.15, -0.1) is 0 Å². The summed E-state index contributed by atoms with van der Waals surface area (Å²) in [6, 6.07) is 12.7. The van der Waals surface area contributed by atoms with Crippen molar-refractivity contribution in [3.63, 3.8) is 0 Å². The summed E-state index contributed by atoms with van der Waals surface area (Å²) in [5.41, 5.74) is 2.32. The van der Waals surface area contributed by atoms with Crippen LogP contribution in [-0.4, -0.2) is 16.4 Å². The van der Waals surface area contributed by atoms with E-state index < -0.39 is 13.6 Å². The summed E-state index contributed by atoms with van der Waals surface area (Å²) in [4.78, 5) is 30.6. The van der Waals surface area contributed by atoms with E-state index in [4.69, 9.17) is 9.63 Å². The number of rotatable bonds is 3. The third-order valence-corrected chi connectivity index (χ3v) is 3.74. The largest absolute Gasteiger partial charge is 0.427 e. The fourth-order valence-corrected chi connectivity index (χ4v) is 2.91. The van der Waals surface area contributed by atoms with Crippen LogP contribution < -0.4 is 4.74 Å². The Kier molecular flexibility index (Phi) is 7.56. The van der Waals surface area contributed by atoms with Crippen molar-refractivity contribution in [3.8, 4) is 5.75 Å². The maximum Gasteiger partial charge on any atom is 0.308 e. The molecule has 0 amide bonds. The van der Waals surface area contributed by atoms with Crippen molar-refractivity contribution in [2.24, 2.45) is 0 Å². The standard InChI is InChI=1S/C10H13O3P.C8H8O2/c1-6-4-7(2)9(8(3)5-6)10(11)14(12)13;1-7(9)10-8-5-3-2-4-6-8/h4-5,14H,1-3H3,(H,12,13);2-6H,1H3. The first kappa shape index (κ1) is 19.8. The summed E-state index contributed by atoms with van der Waals surface area (Å²) in [5, 5.41) is 0. The van der Waals surface area contributed by atoms with Gasteiger partial charge in [-0.3, -0.25) is 14.2 Å². The highest BCUT2D eigenvalue weighted by Gasteiger charge is 2.16. The SMILES string of the molecule is CC(=O)Oc1ccccc1.Cc1cc(C)c(C(=O)[PH](=O)O)c(C)c1. The quantitative estimate of drug-likeness (QED) is 0.518. The summed E-state index contributed by atoms with van der Waals surface area (Å²) in [7, 11) is -3.11. The van der Waals surface area contributed by atoms with Crippen molar-refractivity contribution in [1.29, 1.82) is 0 Å². The number of ether oxygens (including phenoxy) is 1. The van der Waals surface area contributed by atoms with Gasteiger partial charge < -0.3 is 9.63 Å². The summed E-state index contributed by atoms with van der Waals surface area (Å²) in [5.74, 6) is 0.307. The predicted octanol–water partition coefficient (Wildman–Crippen LogP) is 3.83. The fraction of sp³-hybridized carbons (Fsp3) is 0.222. The molecular weight excluding hydrogens is 327 g/mol. The van der Waals surface area contributed by atoms with Crippen LogP contribution in [0.5, 0.6) is 5.75 Å². The van der Waals surface area contributed by atoms with Crippen LogP contribution in [0.3, 0.4) is 0 Å². The Bertz CT molecular complexity index is 730. The van der Waals surface area contributed by atoms with Gasteiger partial charge in [0.15, 0.2) is 0 Å². The fourth-order valence-electron chi connectivity index (χ4n) is 2.30. The monoisotopic (exact) mass is 348 g/mol. The molecule has 0 bridgehead atoms. The lowest BCUT2D eigenvalue weighted by atomic mass is 10.0. The third-order valence-electron chi connectivity index (χ3n) is 3.10. The number of carbonyl (C=O) groups excluding carboxylic acids is 2. The summed E-state index contributed by atoms with van der Waals surface area (Å²) in [6.07, 6.45) is 0. The van der Waals surface area contributed by atoms with E-state index in [2.05, 4.69) is 0 Å². The Morgan fingerprint density at radius 3 is 1.92 bits per heavy atom. The van der Waals surface area contributed by atoms with Gasteiger partial charge in [-0.05, 0) is 44.0 Å². The second-order valence-corrected chi connectivity index (χ2v) is 6.38. The molecule has 0 radical (unpaired) electrons. The Hall–Kier alpha value is -2.23. The zero-order valence-electron chi connectivity index (χ0n) is 14.1. The summed E-state index contributed by atoms with van der Waals surface area (Å²) in [6.45, 7) is 6.86. The van der Waals surface area contributed by atoms with Crippen molar-refractivity contribution < 1.29 is 23.8 Å². The van der Waals surface area contributed by atoms with Crippen molar-refractivity contribution in [1.82, 2.24) is 0 Å². The number of esters is 1. The smallest absolute Gasteiger partial charge is 0.308 e. The molecular formula is C18H21O5P. The van der Waals surface area contributed by atoms with Crippen LogP contribution in [-0.2, 0) is 9.36 Å². The Morgan fingerprint density at radius 2 is 1.50 bits per heavy atom. The molecule has 0 spiro atoms. The average molecular weight is 348 g/mol. The van der Waals surface area contributed by atoms with E-state index in [1.807, 2.05) is 37.3 Å². The van der Waals surface area contributed by atoms with Gasteiger partial charge >= 0.3 is 5.97 Å². The summed E-state index contributed by atoms with van der Waals surface area (Å²) < 4.78 is 15.5. The van der Waals surface area contributed by atoms with Gasteiger partial charge in [-0.25, -0.2) is 0 Å². The van der Waals surface area contributed by atoms with E-state index in [1.54, 1.807) is 26.0 Å². The first-order chi connectivity index (χ1) is 11.2. The van der Waals surface area contributed by atoms with Crippen LogP contribution in [0.1, 0.15) is 34.0 Å². The van der Waals surface area contributed by atoms with Gasteiger partial charge in [0.2, 0.25) is 5.52 Å². The van der Waals surface area contributed by atoms with Crippen LogP contribution >= 0.6 is 8.03 Å². The highest BCUT2D eigenvalue weighted by atomic mass is 31.1. The zero-order valence-corrected chi connectivity index (χ0v) is 15.1. The van der Waals surface area contributed by atoms with Gasteiger partial charge in [-0.2, -0.15) is 0 Å². The Morgan fingerprint density at radius 1 is 1.00 bits per heavy atom. The molecule has 128 valence electrons. The number of hydrogen-bond acceptors (Lipinski definition) is 4. The lowest BCUT2D eigenvalue weighted by Gasteiger charge is -2.08. The van der Waals surface area contributed by atoms with E-state index in [0.29, 0.717) is 11.3 Å². The molecule has 0 aliphatic rings. The number of aryl methyl sites for hydroxylation is 3. The number of benzene rings is 2. The van der Waals surface area contributed by atoms with E-state index in [0.717, 1.165) is 16.7 Å². The van der Waals surface area contributed by atoms with Crippen molar-refractivity contribution >= 4 is 19.5 Å². The van der Waals surface area contributed by atoms with E-state index in [9.17, 15) is 14.2 Å². The molecule has 24 heavy (non-hydrogen) atoms. The minimum atomic E-state index is -3.11. The number of carbonyl (C=O) groups is 2. The van der Waals surface area contributed by atoms with Gasteiger partial charge in [0.05, 0.1) is 0 Å². The van der Waals surface area contributed by atoms with Crippen LogP contribution in [0.15, 0.2) is 42.5 Å². The molecule has 1 unspecified atom stereocenters.